The van der Waals surface area contributed by atoms with Crippen molar-refractivity contribution in [3.63, 3.8) is 0 Å². The molecule has 2 aromatic carbocycles. The fourth-order valence-electron chi connectivity index (χ4n) is 2.97. The lowest BCUT2D eigenvalue weighted by molar-refractivity contribution is 0.682. The summed E-state index contributed by atoms with van der Waals surface area (Å²) in [5.41, 5.74) is 8.09. The molecule has 0 amide bonds. The van der Waals surface area contributed by atoms with Gasteiger partial charge in [-0.25, -0.2) is 0 Å². The second-order valence-electron chi connectivity index (χ2n) is 5.45. The summed E-state index contributed by atoms with van der Waals surface area (Å²) in [5.74, 6) is 0. The molecule has 0 aliphatic carbocycles. The molecule has 0 aromatic heterocycles. The van der Waals surface area contributed by atoms with Crippen molar-refractivity contribution in [2.24, 2.45) is 0 Å². The summed E-state index contributed by atoms with van der Waals surface area (Å²) in [6.45, 7) is 8.71. The normalized spacial score (nSPS) is 12.5. The van der Waals surface area contributed by atoms with E-state index in [-0.39, 0.29) is 6.04 Å². The molecule has 19 heavy (non-hydrogen) atoms. The molecular weight excluding hydrogens is 230 g/mol. The number of aryl methyl sites for hydroxylation is 4. The average molecular weight is 253 g/mol. The summed E-state index contributed by atoms with van der Waals surface area (Å²) >= 11 is 0. The van der Waals surface area contributed by atoms with Gasteiger partial charge in [0.1, 0.15) is 0 Å². The van der Waals surface area contributed by atoms with Gasteiger partial charge >= 0.3 is 0 Å². The molecule has 0 radical (unpaired) electrons. The van der Waals surface area contributed by atoms with Crippen molar-refractivity contribution in [1.29, 1.82) is 0 Å². The van der Waals surface area contributed by atoms with Gasteiger partial charge in [0.25, 0.3) is 0 Å². The van der Waals surface area contributed by atoms with Crippen LogP contribution in [0.2, 0.25) is 0 Å². The number of rotatable bonds is 3. The van der Waals surface area contributed by atoms with Crippen LogP contribution in [0.4, 0.5) is 0 Å². The zero-order valence-corrected chi connectivity index (χ0v) is 12.5. The summed E-state index contributed by atoms with van der Waals surface area (Å²) in [7, 11) is 2.03. The average Bonchev–Trinajstić information content (AvgIpc) is 2.33. The van der Waals surface area contributed by atoms with Crippen molar-refractivity contribution in [3.05, 3.63) is 69.8 Å². The zero-order valence-electron chi connectivity index (χ0n) is 12.5. The third-order valence-electron chi connectivity index (χ3n) is 3.69. The van der Waals surface area contributed by atoms with E-state index in [9.17, 15) is 0 Å². The second-order valence-corrected chi connectivity index (χ2v) is 5.45. The van der Waals surface area contributed by atoms with Crippen molar-refractivity contribution in [3.8, 4) is 0 Å². The number of hydrogen-bond donors (Lipinski definition) is 1. The minimum Gasteiger partial charge on any atom is -0.309 e. The Labute approximate surface area is 116 Å². The van der Waals surface area contributed by atoms with E-state index >= 15 is 0 Å². The Morgan fingerprint density at radius 2 is 1.47 bits per heavy atom. The molecule has 0 saturated heterocycles. The lowest BCUT2D eigenvalue weighted by atomic mass is 9.89. The molecule has 1 unspecified atom stereocenters. The van der Waals surface area contributed by atoms with Gasteiger partial charge in [-0.1, -0.05) is 47.5 Å². The van der Waals surface area contributed by atoms with E-state index in [0.717, 1.165) is 0 Å². The topological polar surface area (TPSA) is 12.0 Å². The quantitative estimate of drug-likeness (QED) is 0.863. The van der Waals surface area contributed by atoms with Gasteiger partial charge in [-0.3, -0.25) is 0 Å². The molecule has 1 atom stereocenters. The van der Waals surface area contributed by atoms with Gasteiger partial charge in [-0.2, -0.15) is 0 Å². The third-order valence-corrected chi connectivity index (χ3v) is 3.69. The van der Waals surface area contributed by atoms with Crippen LogP contribution in [0.3, 0.4) is 0 Å². The zero-order chi connectivity index (χ0) is 14.0. The van der Waals surface area contributed by atoms with E-state index in [1.165, 1.54) is 33.4 Å². The Morgan fingerprint density at radius 1 is 0.842 bits per heavy atom. The molecule has 0 bridgehead atoms. The van der Waals surface area contributed by atoms with Crippen LogP contribution in [-0.2, 0) is 0 Å². The first-order chi connectivity index (χ1) is 9.02. The molecule has 0 aliphatic heterocycles. The van der Waals surface area contributed by atoms with Crippen molar-refractivity contribution in [1.82, 2.24) is 5.32 Å². The van der Waals surface area contributed by atoms with Gasteiger partial charge in [0, 0.05) is 0 Å². The van der Waals surface area contributed by atoms with E-state index in [0.29, 0.717) is 0 Å². The van der Waals surface area contributed by atoms with Crippen molar-refractivity contribution >= 4 is 0 Å². The Bertz CT molecular complexity index is 561. The van der Waals surface area contributed by atoms with Gasteiger partial charge in [0.15, 0.2) is 0 Å². The fraction of sp³-hybridized carbons (Fsp3) is 0.333. The number of hydrogen-bond acceptors (Lipinski definition) is 1. The van der Waals surface area contributed by atoms with Gasteiger partial charge in [-0.15, -0.1) is 0 Å². The van der Waals surface area contributed by atoms with Crippen molar-refractivity contribution in [2.75, 3.05) is 7.05 Å². The van der Waals surface area contributed by atoms with E-state index < -0.39 is 0 Å². The van der Waals surface area contributed by atoms with Crippen LogP contribution < -0.4 is 5.32 Å². The molecule has 0 saturated carbocycles. The minimum atomic E-state index is 0.264. The van der Waals surface area contributed by atoms with Crippen LogP contribution in [0, 0.1) is 27.7 Å². The highest BCUT2D eigenvalue weighted by molar-refractivity contribution is 5.44. The first-order valence-corrected chi connectivity index (χ1v) is 6.84. The van der Waals surface area contributed by atoms with Crippen LogP contribution in [0.1, 0.15) is 39.4 Å². The summed E-state index contributed by atoms with van der Waals surface area (Å²) in [6.07, 6.45) is 0. The molecule has 0 heterocycles. The summed E-state index contributed by atoms with van der Waals surface area (Å²) in [5, 5.41) is 3.46. The first kappa shape index (κ1) is 13.8. The highest BCUT2D eigenvalue weighted by Gasteiger charge is 2.16. The largest absolute Gasteiger partial charge is 0.309 e. The van der Waals surface area contributed by atoms with Crippen LogP contribution in [0.15, 0.2) is 36.4 Å². The summed E-state index contributed by atoms with van der Waals surface area (Å²) < 4.78 is 0. The first-order valence-electron chi connectivity index (χ1n) is 6.84. The maximum atomic E-state index is 3.46. The van der Waals surface area contributed by atoms with E-state index in [1.54, 1.807) is 0 Å². The maximum absolute atomic E-state index is 3.46. The smallest absolute Gasteiger partial charge is 0.0579 e. The Hall–Kier alpha value is -1.60. The summed E-state index contributed by atoms with van der Waals surface area (Å²) in [6, 6.07) is 13.5. The monoisotopic (exact) mass is 253 g/mol. The van der Waals surface area contributed by atoms with Gasteiger partial charge in [0.05, 0.1) is 6.04 Å². The SMILES string of the molecule is CNC(c1cccc(C)c1)c1c(C)cc(C)cc1C. The number of nitrogens with one attached hydrogen (secondary N) is 1. The second kappa shape index (κ2) is 5.58. The molecular formula is C18H23N. The van der Waals surface area contributed by atoms with Gasteiger partial charge in [0.2, 0.25) is 0 Å². The molecule has 1 nitrogen and oxygen atoms in total. The molecule has 1 N–H and O–H groups in total. The lowest BCUT2D eigenvalue weighted by Gasteiger charge is -2.22. The standard InChI is InChI=1S/C18H23N/c1-12-7-6-8-16(11-12)18(19-5)17-14(3)9-13(2)10-15(17)4/h6-11,18-19H,1-5H3. The van der Waals surface area contributed by atoms with Crippen LogP contribution in [0.25, 0.3) is 0 Å². The maximum Gasteiger partial charge on any atom is 0.0579 e. The van der Waals surface area contributed by atoms with E-state index in [2.05, 4.69) is 69.4 Å². The molecule has 0 fully saturated rings. The highest BCUT2D eigenvalue weighted by Crippen LogP contribution is 2.29. The predicted molar refractivity (Wildman–Crippen MR) is 82.7 cm³/mol. The molecule has 0 spiro atoms. The van der Waals surface area contributed by atoms with Crippen molar-refractivity contribution in [2.45, 2.75) is 33.7 Å². The Morgan fingerprint density at radius 3 is 2.00 bits per heavy atom. The van der Waals surface area contributed by atoms with Gasteiger partial charge in [-0.05, 0) is 57.0 Å². The third kappa shape index (κ3) is 2.87. The fourth-order valence-corrected chi connectivity index (χ4v) is 2.97. The van der Waals surface area contributed by atoms with Crippen LogP contribution >= 0.6 is 0 Å². The number of benzene rings is 2. The summed E-state index contributed by atoms with van der Waals surface area (Å²) in [4.78, 5) is 0. The molecule has 1 heteroatoms. The van der Waals surface area contributed by atoms with Crippen LogP contribution in [-0.4, -0.2) is 7.05 Å². The minimum absolute atomic E-state index is 0.264. The molecule has 2 aromatic rings. The molecule has 100 valence electrons. The van der Waals surface area contributed by atoms with Crippen LogP contribution in [0.5, 0.6) is 0 Å². The lowest BCUT2D eigenvalue weighted by Crippen LogP contribution is -2.20. The molecule has 0 aliphatic rings. The van der Waals surface area contributed by atoms with Crippen molar-refractivity contribution < 1.29 is 0 Å². The predicted octanol–water partition coefficient (Wildman–Crippen LogP) is 4.23. The highest BCUT2D eigenvalue weighted by atomic mass is 14.9. The van der Waals surface area contributed by atoms with E-state index in [4.69, 9.17) is 0 Å². The van der Waals surface area contributed by atoms with E-state index in [1.807, 2.05) is 7.05 Å². The Balaban J connectivity index is 2.54. The van der Waals surface area contributed by atoms with Gasteiger partial charge < -0.3 is 5.32 Å². The molecule has 2 rings (SSSR count). The Kier molecular flexibility index (Phi) is 4.06.